The minimum absolute atomic E-state index is 0.102. The van der Waals surface area contributed by atoms with Crippen molar-refractivity contribution in [1.29, 1.82) is 0 Å². The van der Waals surface area contributed by atoms with Crippen LogP contribution in [-0.2, 0) is 0 Å². The molecule has 0 radical (unpaired) electrons. The number of nitrogens with one attached hydrogen (secondary N) is 2. The Kier molecular flexibility index (Phi) is 3.79. The van der Waals surface area contributed by atoms with Crippen molar-refractivity contribution in [2.75, 3.05) is 20.6 Å². The molecule has 17 heavy (non-hydrogen) atoms. The summed E-state index contributed by atoms with van der Waals surface area (Å²) in [6.45, 7) is 0.937. The predicted molar refractivity (Wildman–Crippen MR) is 68.4 cm³/mol. The van der Waals surface area contributed by atoms with Gasteiger partial charge in [-0.3, -0.25) is 0 Å². The SMILES string of the molecule is CNCC1(C(NC)c2ccccc2F)CCC1. The molecule has 0 heterocycles. The molecule has 94 valence electrons. The van der Waals surface area contributed by atoms with Crippen molar-refractivity contribution in [3.63, 3.8) is 0 Å². The maximum atomic E-state index is 13.9. The third-order valence-corrected chi connectivity index (χ3v) is 4.00. The van der Waals surface area contributed by atoms with Crippen LogP contribution in [0.1, 0.15) is 30.9 Å². The molecule has 0 aliphatic heterocycles. The van der Waals surface area contributed by atoms with E-state index in [-0.39, 0.29) is 17.3 Å². The van der Waals surface area contributed by atoms with Crippen molar-refractivity contribution in [3.05, 3.63) is 35.6 Å². The molecule has 1 unspecified atom stereocenters. The van der Waals surface area contributed by atoms with E-state index in [4.69, 9.17) is 0 Å². The topological polar surface area (TPSA) is 24.1 Å². The van der Waals surface area contributed by atoms with Crippen LogP contribution < -0.4 is 10.6 Å². The number of halogens is 1. The van der Waals surface area contributed by atoms with E-state index in [1.54, 1.807) is 12.1 Å². The Hall–Kier alpha value is -0.930. The number of rotatable bonds is 5. The quantitative estimate of drug-likeness (QED) is 0.820. The maximum Gasteiger partial charge on any atom is 0.127 e. The first-order valence-corrected chi connectivity index (χ1v) is 6.30. The first-order valence-electron chi connectivity index (χ1n) is 6.30. The summed E-state index contributed by atoms with van der Waals surface area (Å²) < 4.78 is 13.9. The number of hydrogen-bond acceptors (Lipinski definition) is 2. The highest BCUT2D eigenvalue weighted by atomic mass is 19.1. The zero-order chi connectivity index (χ0) is 12.3. The van der Waals surface area contributed by atoms with Crippen LogP contribution in [0.5, 0.6) is 0 Å². The molecule has 0 bridgehead atoms. The summed E-state index contributed by atoms with van der Waals surface area (Å²) in [5.74, 6) is -0.103. The molecule has 3 heteroatoms. The van der Waals surface area contributed by atoms with Crippen molar-refractivity contribution in [1.82, 2.24) is 10.6 Å². The van der Waals surface area contributed by atoms with Gasteiger partial charge in [0.25, 0.3) is 0 Å². The summed E-state index contributed by atoms with van der Waals surface area (Å²) in [5.41, 5.74) is 0.969. The Morgan fingerprint density at radius 3 is 2.47 bits per heavy atom. The van der Waals surface area contributed by atoms with E-state index in [2.05, 4.69) is 10.6 Å². The zero-order valence-corrected chi connectivity index (χ0v) is 10.6. The lowest BCUT2D eigenvalue weighted by atomic mass is 9.62. The molecule has 0 aromatic heterocycles. The second-order valence-electron chi connectivity index (χ2n) is 4.99. The largest absolute Gasteiger partial charge is 0.319 e. The van der Waals surface area contributed by atoms with E-state index in [0.29, 0.717) is 0 Å². The van der Waals surface area contributed by atoms with Crippen LogP contribution in [0.4, 0.5) is 4.39 Å². The van der Waals surface area contributed by atoms with E-state index < -0.39 is 0 Å². The Morgan fingerprint density at radius 2 is 2.00 bits per heavy atom. The average molecular weight is 236 g/mol. The van der Waals surface area contributed by atoms with Gasteiger partial charge in [0.1, 0.15) is 5.82 Å². The van der Waals surface area contributed by atoms with Gasteiger partial charge in [-0.15, -0.1) is 0 Å². The van der Waals surface area contributed by atoms with Crippen LogP contribution >= 0.6 is 0 Å². The van der Waals surface area contributed by atoms with Gasteiger partial charge in [0.2, 0.25) is 0 Å². The van der Waals surface area contributed by atoms with Crippen LogP contribution in [0.25, 0.3) is 0 Å². The van der Waals surface area contributed by atoms with Crippen molar-refractivity contribution < 1.29 is 4.39 Å². The molecule has 1 saturated carbocycles. The summed E-state index contributed by atoms with van der Waals surface area (Å²) >= 11 is 0. The molecule has 1 aliphatic rings. The van der Waals surface area contributed by atoms with Gasteiger partial charge < -0.3 is 10.6 Å². The van der Waals surface area contributed by atoms with Crippen molar-refractivity contribution in [2.24, 2.45) is 5.41 Å². The molecule has 0 amide bonds. The van der Waals surface area contributed by atoms with E-state index in [1.807, 2.05) is 26.2 Å². The average Bonchev–Trinajstić information content (AvgIpc) is 2.29. The third kappa shape index (κ3) is 2.22. The fourth-order valence-electron chi connectivity index (χ4n) is 3.05. The van der Waals surface area contributed by atoms with Gasteiger partial charge in [-0.1, -0.05) is 24.6 Å². The second kappa shape index (κ2) is 5.15. The Morgan fingerprint density at radius 1 is 1.29 bits per heavy atom. The molecule has 0 saturated heterocycles. The smallest absolute Gasteiger partial charge is 0.127 e. The van der Waals surface area contributed by atoms with Crippen LogP contribution in [0.15, 0.2) is 24.3 Å². The van der Waals surface area contributed by atoms with Gasteiger partial charge in [-0.25, -0.2) is 4.39 Å². The monoisotopic (exact) mass is 236 g/mol. The van der Waals surface area contributed by atoms with Crippen molar-refractivity contribution >= 4 is 0 Å². The van der Waals surface area contributed by atoms with Gasteiger partial charge in [-0.2, -0.15) is 0 Å². The Labute approximate surface area is 103 Å². The summed E-state index contributed by atoms with van der Waals surface area (Å²) in [7, 11) is 3.89. The van der Waals surface area contributed by atoms with Crippen LogP contribution in [0.3, 0.4) is 0 Å². The highest BCUT2D eigenvalue weighted by molar-refractivity contribution is 5.24. The fraction of sp³-hybridized carbons (Fsp3) is 0.571. The zero-order valence-electron chi connectivity index (χ0n) is 10.6. The minimum atomic E-state index is -0.103. The molecule has 2 N–H and O–H groups in total. The van der Waals surface area contributed by atoms with Gasteiger partial charge >= 0.3 is 0 Å². The normalized spacial score (nSPS) is 19.7. The number of hydrogen-bond donors (Lipinski definition) is 2. The minimum Gasteiger partial charge on any atom is -0.319 e. The molecular formula is C14H21FN2. The molecule has 0 spiro atoms. The highest BCUT2D eigenvalue weighted by Gasteiger charge is 2.44. The summed E-state index contributed by atoms with van der Waals surface area (Å²) in [4.78, 5) is 0. The first-order chi connectivity index (χ1) is 8.23. The lowest BCUT2D eigenvalue weighted by Gasteiger charge is -2.48. The number of benzene rings is 1. The summed E-state index contributed by atoms with van der Waals surface area (Å²) in [5, 5.41) is 6.56. The fourth-order valence-corrected chi connectivity index (χ4v) is 3.05. The summed E-state index contributed by atoms with van der Waals surface area (Å²) in [6, 6.07) is 7.20. The van der Waals surface area contributed by atoms with Crippen LogP contribution in [0.2, 0.25) is 0 Å². The van der Waals surface area contributed by atoms with E-state index in [9.17, 15) is 4.39 Å². The molecule has 1 aromatic carbocycles. The molecular weight excluding hydrogens is 215 g/mol. The molecule has 1 fully saturated rings. The predicted octanol–water partition coefficient (Wildman–Crippen LogP) is 2.48. The molecule has 2 nitrogen and oxygen atoms in total. The van der Waals surface area contributed by atoms with E-state index >= 15 is 0 Å². The Bertz CT molecular complexity index is 374. The third-order valence-electron chi connectivity index (χ3n) is 4.00. The van der Waals surface area contributed by atoms with Gasteiger partial charge in [0, 0.05) is 23.6 Å². The lowest BCUT2D eigenvalue weighted by molar-refractivity contribution is 0.0770. The van der Waals surface area contributed by atoms with E-state index in [0.717, 1.165) is 24.9 Å². The van der Waals surface area contributed by atoms with Crippen LogP contribution in [0, 0.1) is 11.2 Å². The lowest BCUT2D eigenvalue weighted by Crippen LogP contribution is -2.48. The van der Waals surface area contributed by atoms with Gasteiger partial charge in [0.05, 0.1) is 0 Å². The van der Waals surface area contributed by atoms with Gasteiger partial charge in [0.15, 0.2) is 0 Å². The summed E-state index contributed by atoms with van der Waals surface area (Å²) in [6.07, 6.45) is 3.57. The van der Waals surface area contributed by atoms with Crippen LogP contribution in [-0.4, -0.2) is 20.6 Å². The Balaban J connectivity index is 2.29. The van der Waals surface area contributed by atoms with Crippen molar-refractivity contribution in [2.45, 2.75) is 25.3 Å². The molecule has 1 atom stereocenters. The maximum absolute atomic E-state index is 13.9. The molecule has 2 rings (SSSR count). The van der Waals surface area contributed by atoms with Gasteiger partial charge in [-0.05, 0) is 33.0 Å². The van der Waals surface area contributed by atoms with Crippen molar-refractivity contribution in [3.8, 4) is 0 Å². The molecule has 1 aromatic rings. The standard InChI is InChI=1S/C14H21FN2/c1-16-10-14(8-5-9-14)13(17-2)11-6-3-4-7-12(11)15/h3-4,6-7,13,16-17H,5,8-10H2,1-2H3. The first kappa shape index (κ1) is 12.5. The van der Waals surface area contributed by atoms with E-state index in [1.165, 1.54) is 6.42 Å². The highest BCUT2D eigenvalue weighted by Crippen LogP contribution is 2.50. The second-order valence-corrected chi connectivity index (χ2v) is 4.99. The molecule has 1 aliphatic carbocycles.